The van der Waals surface area contributed by atoms with Crippen molar-refractivity contribution in [3.63, 3.8) is 0 Å². The van der Waals surface area contributed by atoms with Crippen molar-refractivity contribution < 1.29 is 9.52 Å². The first-order valence-electron chi connectivity index (χ1n) is 5.11. The Labute approximate surface area is 95.3 Å². The van der Waals surface area contributed by atoms with Crippen molar-refractivity contribution in [3.05, 3.63) is 17.8 Å². The molecule has 0 radical (unpaired) electrons. The zero-order valence-corrected chi connectivity index (χ0v) is 10.6. The molecule has 0 aliphatic heterocycles. The van der Waals surface area contributed by atoms with E-state index < -0.39 is 0 Å². The fourth-order valence-corrected chi connectivity index (χ4v) is 1.66. The van der Waals surface area contributed by atoms with E-state index in [1.165, 1.54) is 0 Å². The van der Waals surface area contributed by atoms with Gasteiger partial charge in [0.15, 0.2) is 0 Å². The highest BCUT2D eigenvalue weighted by molar-refractivity contribution is 7.99. The van der Waals surface area contributed by atoms with Crippen molar-refractivity contribution in [2.45, 2.75) is 44.1 Å². The summed E-state index contributed by atoms with van der Waals surface area (Å²) in [6.45, 7) is 8.47. The van der Waals surface area contributed by atoms with Crippen LogP contribution in [0.4, 0.5) is 0 Å². The fraction of sp³-hybridized carbons (Fsp3) is 0.727. The van der Waals surface area contributed by atoms with Crippen LogP contribution in [0.25, 0.3) is 0 Å². The van der Waals surface area contributed by atoms with Crippen molar-refractivity contribution in [1.82, 2.24) is 4.98 Å². The Morgan fingerprint density at radius 1 is 1.53 bits per heavy atom. The van der Waals surface area contributed by atoms with Gasteiger partial charge in [0.25, 0.3) is 0 Å². The molecule has 0 aromatic carbocycles. The summed E-state index contributed by atoms with van der Waals surface area (Å²) in [5.41, 5.74) is 0.0124. The number of thioether (sulfide) groups is 1. The highest BCUT2D eigenvalue weighted by Gasteiger charge is 2.19. The average molecular weight is 229 g/mol. The van der Waals surface area contributed by atoms with E-state index in [-0.39, 0.29) is 17.3 Å². The Hall–Kier alpha value is -0.480. The minimum Gasteiger partial charge on any atom is -0.444 e. The van der Waals surface area contributed by atoms with E-state index in [2.05, 4.69) is 25.8 Å². The van der Waals surface area contributed by atoms with Gasteiger partial charge in [-0.05, 0) is 0 Å². The zero-order valence-electron chi connectivity index (χ0n) is 9.78. The predicted octanol–water partition coefficient (Wildman–Crippen LogP) is 2.59. The summed E-state index contributed by atoms with van der Waals surface area (Å²) in [7, 11) is 0. The third-order valence-corrected chi connectivity index (χ3v) is 3.17. The third-order valence-electron chi connectivity index (χ3n) is 2.04. The molecule has 0 fully saturated rings. The van der Waals surface area contributed by atoms with Crippen molar-refractivity contribution in [2.75, 3.05) is 6.61 Å². The van der Waals surface area contributed by atoms with E-state index in [0.29, 0.717) is 0 Å². The van der Waals surface area contributed by atoms with Crippen molar-refractivity contribution in [3.8, 4) is 0 Å². The Bertz CT molecular complexity index is 304. The van der Waals surface area contributed by atoms with Gasteiger partial charge in [-0.3, -0.25) is 0 Å². The van der Waals surface area contributed by atoms with E-state index in [4.69, 9.17) is 9.52 Å². The van der Waals surface area contributed by atoms with Crippen molar-refractivity contribution >= 4 is 11.8 Å². The summed E-state index contributed by atoms with van der Waals surface area (Å²) < 4.78 is 5.63. The standard InChI is InChI=1S/C11H19NO2S/c1-8(6-13)15-7-10-12-5-9(14-10)11(2,3)4/h5,8,13H,6-7H2,1-4H3. The molecule has 1 rings (SSSR count). The van der Waals surface area contributed by atoms with Crippen LogP contribution in [0.3, 0.4) is 0 Å². The first-order chi connectivity index (χ1) is 6.93. The molecule has 0 amide bonds. The summed E-state index contributed by atoms with van der Waals surface area (Å²) in [6.07, 6.45) is 1.79. The van der Waals surface area contributed by atoms with E-state index in [1.54, 1.807) is 18.0 Å². The van der Waals surface area contributed by atoms with Crippen LogP contribution in [0, 0.1) is 0 Å². The monoisotopic (exact) mass is 229 g/mol. The Morgan fingerprint density at radius 3 is 2.67 bits per heavy atom. The largest absolute Gasteiger partial charge is 0.444 e. The molecule has 0 aliphatic carbocycles. The number of nitrogens with zero attached hydrogens (tertiary/aromatic N) is 1. The lowest BCUT2D eigenvalue weighted by atomic mass is 9.94. The molecule has 1 atom stereocenters. The molecule has 86 valence electrons. The summed E-state index contributed by atoms with van der Waals surface area (Å²) in [4.78, 5) is 4.22. The predicted molar refractivity (Wildman–Crippen MR) is 63.0 cm³/mol. The highest BCUT2D eigenvalue weighted by atomic mass is 32.2. The van der Waals surface area contributed by atoms with E-state index in [0.717, 1.165) is 17.4 Å². The molecule has 1 unspecified atom stereocenters. The number of aromatic nitrogens is 1. The summed E-state index contributed by atoms with van der Waals surface area (Å²) in [5, 5.41) is 9.11. The van der Waals surface area contributed by atoms with Crippen LogP contribution in [-0.2, 0) is 11.2 Å². The maximum atomic E-state index is 8.88. The average Bonchev–Trinajstić information content (AvgIpc) is 2.61. The lowest BCUT2D eigenvalue weighted by Crippen LogP contribution is -2.09. The smallest absolute Gasteiger partial charge is 0.204 e. The molecule has 0 aliphatic rings. The number of oxazole rings is 1. The molecule has 15 heavy (non-hydrogen) atoms. The van der Waals surface area contributed by atoms with Crippen LogP contribution >= 0.6 is 11.8 Å². The number of aliphatic hydroxyl groups is 1. The van der Waals surface area contributed by atoms with Gasteiger partial charge in [-0.25, -0.2) is 4.98 Å². The van der Waals surface area contributed by atoms with Gasteiger partial charge in [-0.15, -0.1) is 11.8 Å². The first-order valence-corrected chi connectivity index (χ1v) is 6.16. The van der Waals surface area contributed by atoms with E-state index >= 15 is 0 Å². The molecular weight excluding hydrogens is 210 g/mol. The normalized spacial score (nSPS) is 14.2. The SMILES string of the molecule is CC(CO)SCc1ncc(C(C)(C)C)o1. The maximum absolute atomic E-state index is 8.88. The molecule has 0 spiro atoms. The maximum Gasteiger partial charge on any atom is 0.204 e. The first kappa shape index (κ1) is 12.6. The topological polar surface area (TPSA) is 46.3 Å². The zero-order chi connectivity index (χ0) is 11.5. The molecule has 4 heteroatoms. The summed E-state index contributed by atoms with van der Waals surface area (Å²) in [5.74, 6) is 2.37. The Morgan fingerprint density at radius 2 is 2.20 bits per heavy atom. The highest BCUT2D eigenvalue weighted by Crippen LogP contribution is 2.24. The van der Waals surface area contributed by atoms with Crippen LogP contribution in [0.1, 0.15) is 39.3 Å². The minimum atomic E-state index is 0.0124. The second kappa shape index (κ2) is 5.03. The molecule has 1 heterocycles. The van der Waals surface area contributed by atoms with Gasteiger partial charge in [0.1, 0.15) is 5.76 Å². The molecular formula is C11H19NO2S. The van der Waals surface area contributed by atoms with E-state index in [9.17, 15) is 0 Å². The Kier molecular flexibility index (Phi) is 4.22. The second-order valence-electron chi connectivity index (χ2n) is 4.67. The quantitative estimate of drug-likeness (QED) is 0.862. The number of rotatable bonds is 4. The van der Waals surface area contributed by atoms with Crippen molar-refractivity contribution in [1.29, 1.82) is 0 Å². The molecule has 0 saturated heterocycles. The summed E-state index contributed by atoms with van der Waals surface area (Å²) >= 11 is 1.65. The fourth-order valence-electron chi connectivity index (χ4n) is 0.990. The number of hydrogen-bond donors (Lipinski definition) is 1. The van der Waals surface area contributed by atoms with Gasteiger partial charge in [0.2, 0.25) is 5.89 Å². The third kappa shape index (κ3) is 3.87. The van der Waals surface area contributed by atoms with Gasteiger partial charge >= 0.3 is 0 Å². The molecule has 1 N–H and O–H groups in total. The van der Waals surface area contributed by atoms with Crippen LogP contribution < -0.4 is 0 Å². The molecule has 3 nitrogen and oxygen atoms in total. The molecule has 1 aromatic heterocycles. The van der Waals surface area contributed by atoms with E-state index in [1.807, 2.05) is 6.92 Å². The van der Waals surface area contributed by atoms with Gasteiger partial charge < -0.3 is 9.52 Å². The van der Waals surface area contributed by atoms with Gasteiger partial charge in [0, 0.05) is 10.7 Å². The lowest BCUT2D eigenvalue weighted by Gasteiger charge is -2.13. The second-order valence-corrected chi connectivity index (χ2v) is 6.10. The molecule has 1 aromatic rings. The number of aliphatic hydroxyl groups excluding tert-OH is 1. The van der Waals surface area contributed by atoms with Gasteiger partial charge in [0.05, 0.1) is 18.6 Å². The van der Waals surface area contributed by atoms with Crippen LogP contribution in [0.15, 0.2) is 10.6 Å². The Balaban J connectivity index is 2.54. The summed E-state index contributed by atoms with van der Waals surface area (Å²) in [6, 6.07) is 0. The van der Waals surface area contributed by atoms with Crippen molar-refractivity contribution in [2.24, 2.45) is 0 Å². The minimum absolute atomic E-state index is 0.0124. The van der Waals surface area contributed by atoms with Crippen LogP contribution in [-0.4, -0.2) is 21.9 Å². The lowest BCUT2D eigenvalue weighted by molar-refractivity contribution is 0.300. The van der Waals surface area contributed by atoms with Gasteiger partial charge in [-0.2, -0.15) is 0 Å². The van der Waals surface area contributed by atoms with Gasteiger partial charge in [-0.1, -0.05) is 27.7 Å². The van der Waals surface area contributed by atoms with Crippen LogP contribution in [0.2, 0.25) is 0 Å². The number of hydrogen-bond acceptors (Lipinski definition) is 4. The molecule has 0 saturated carbocycles. The van der Waals surface area contributed by atoms with Crippen LogP contribution in [0.5, 0.6) is 0 Å². The molecule has 0 bridgehead atoms.